The summed E-state index contributed by atoms with van der Waals surface area (Å²) in [7, 11) is 0. The highest BCUT2D eigenvalue weighted by Crippen LogP contribution is 2.27. The number of hydrogen-bond donors (Lipinski definition) is 1. The van der Waals surface area contributed by atoms with Crippen molar-refractivity contribution in [2.24, 2.45) is 11.7 Å². The Morgan fingerprint density at radius 3 is 2.72 bits per heavy atom. The average molecular weight is 310 g/mol. The molecule has 2 rings (SSSR count). The molecule has 0 saturated heterocycles. The van der Waals surface area contributed by atoms with Crippen LogP contribution in [0.3, 0.4) is 0 Å². The van der Waals surface area contributed by atoms with Crippen molar-refractivity contribution in [1.29, 1.82) is 0 Å². The van der Waals surface area contributed by atoms with E-state index in [1.165, 1.54) is 50.5 Å². The zero-order valence-electron chi connectivity index (χ0n) is 11.1. The minimum absolute atomic E-state index is 0.321. The lowest BCUT2D eigenvalue weighted by molar-refractivity contribution is 0.323. The maximum absolute atomic E-state index is 6.26. The molecule has 1 unspecified atom stereocenters. The second-order valence-electron chi connectivity index (χ2n) is 5.68. The first-order valence-corrected chi connectivity index (χ1v) is 8.03. The highest BCUT2D eigenvalue weighted by atomic mass is 79.9. The third kappa shape index (κ3) is 4.74. The summed E-state index contributed by atoms with van der Waals surface area (Å²) < 4.78 is 1.15. The van der Waals surface area contributed by atoms with E-state index in [2.05, 4.69) is 40.2 Å². The fourth-order valence-electron chi connectivity index (χ4n) is 2.99. The third-order valence-corrected chi connectivity index (χ3v) is 4.55. The van der Waals surface area contributed by atoms with Crippen LogP contribution in [0.15, 0.2) is 28.7 Å². The van der Waals surface area contributed by atoms with Crippen LogP contribution in [0.25, 0.3) is 0 Å². The van der Waals surface area contributed by atoms with Gasteiger partial charge in [0.05, 0.1) is 0 Å². The van der Waals surface area contributed by atoms with Gasteiger partial charge in [0.1, 0.15) is 0 Å². The number of benzene rings is 1. The number of halogens is 1. The second-order valence-corrected chi connectivity index (χ2v) is 6.59. The van der Waals surface area contributed by atoms with E-state index < -0.39 is 0 Å². The molecule has 1 saturated carbocycles. The first kappa shape index (κ1) is 14.1. The van der Waals surface area contributed by atoms with Crippen molar-refractivity contribution in [2.45, 2.75) is 57.4 Å². The summed E-state index contributed by atoms with van der Waals surface area (Å²) in [5.41, 5.74) is 7.61. The zero-order chi connectivity index (χ0) is 12.8. The van der Waals surface area contributed by atoms with Gasteiger partial charge in [0.2, 0.25) is 0 Å². The van der Waals surface area contributed by atoms with Crippen molar-refractivity contribution in [3.63, 3.8) is 0 Å². The lowest BCUT2D eigenvalue weighted by Gasteiger charge is -2.23. The van der Waals surface area contributed by atoms with Crippen molar-refractivity contribution in [3.8, 4) is 0 Å². The van der Waals surface area contributed by atoms with Gasteiger partial charge in [-0.3, -0.25) is 0 Å². The molecule has 0 bridgehead atoms. The molecule has 1 fully saturated rings. The Morgan fingerprint density at radius 2 is 2.00 bits per heavy atom. The number of nitrogens with two attached hydrogens (primary N) is 1. The van der Waals surface area contributed by atoms with Gasteiger partial charge >= 0.3 is 0 Å². The standard InChI is InChI=1S/C16H24BrN/c17-15-8-4-7-14(11-15)12-16(18)10-9-13-5-2-1-3-6-13/h4,7-8,11,13,16H,1-3,5-6,9-10,12,18H2. The molecular formula is C16H24BrN. The fourth-order valence-corrected chi connectivity index (χ4v) is 3.44. The Balaban J connectivity index is 1.72. The zero-order valence-corrected chi connectivity index (χ0v) is 12.7. The smallest absolute Gasteiger partial charge is 0.0178 e. The molecule has 1 nitrogen and oxygen atoms in total. The molecule has 0 spiro atoms. The molecular weight excluding hydrogens is 286 g/mol. The average Bonchev–Trinajstić information content (AvgIpc) is 2.38. The van der Waals surface area contributed by atoms with Crippen LogP contribution in [0, 0.1) is 5.92 Å². The molecule has 100 valence electrons. The molecule has 2 N–H and O–H groups in total. The first-order chi connectivity index (χ1) is 8.74. The van der Waals surface area contributed by atoms with E-state index in [9.17, 15) is 0 Å². The van der Waals surface area contributed by atoms with Crippen LogP contribution in [0.5, 0.6) is 0 Å². The number of rotatable bonds is 5. The maximum Gasteiger partial charge on any atom is 0.0178 e. The summed E-state index contributed by atoms with van der Waals surface area (Å²) in [6.07, 6.45) is 10.7. The molecule has 1 aliphatic carbocycles. The Morgan fingerprint density at radius 1 is 1.22 bits per heavy atom. The molecule has 0 radical (unpaired) electrons. The van der Waals surface area contributed by atoms with Gasteiger partial charge in [0.25, 0.3) is 0 Å². The van der Waals surface area contributed by atoms with E-state index in [1.807, 2.05) is 0 Å². The minimum Gasteiger partial charge on any atom is -0.327 e. The third-order valence-electron chi connectivity index (χ3n) is 4.06. The van der Waals surface area contributed by atoms with Gasteiger partial charge in [-0.25, -0.2) is 0 Å². The highest BCUT2D eigenvalue weighted by molar-refractivity contribution is 9.10. The molecule has 0 aromatic heterocycles. The maximum atomic E-state index is 6.26. The molecule has 0 aliphatic heterocycles. The molecule has 18 heavy (non-hydrogen) atoms. The summed E-state index contributed by atoms with van der Waals surface area (Å²) in [4.78, 5) is 0. The Bertz CT molecular complexity index is 358. The van der Waals surface area contributed by atoms with Crippen LogP contribution in [-0.2, 0) is 6.42 Å². The van der Waals surface area contributed by atoms with Crippen molar-refractivity contribution in [3.05, 3.63) is 34.3 Å². The van der Waals surface area contributed by atoms with Gasteiger partial charge < -0.3 is 5.73 Å². The lowest BCUT2D eigenvalue weighted by Crippen LogP contribution is -2.24. The normalized spacial score (nSPS) is 18.8. The predicted octanol–water partition coefficient (Wildman–Crippen LogP) is 4.68. The number of hydrogen-bond acceptors (Lipinski definition) is 1. The predicted molar refractivity (Wildman–Crippen MR) is 81.6 cm³/mol. The van der Waals surface area contributed by atoms with Crippen LogP contribution in [0.4, 0.5) is 0 Å². The van der Waals surface area contributed by atoms with Crippen molar-refractivity contribution in [2.75, 3.05) is 0 Å². The second kappa shape index (κ2) is 7.30. The molecule has 1 aromatic carbocycles. The highest BCUT2D eigenvalue weighted by Gasteiger charge is 2.14. The van der Waals surface area contributed by atoms with E-state index in [0.29, 0.717) is 6.04 Å². The molecule has 0 heterocycles. The van der Waals surface area contributed by atoms with Crippen LogP contribution in [0.1, 0.15) is 50.5 Å². The van der Waals surface area contributed by atoms with E-state index in [-0.39, 0.29) is 0 Å². The topological polar surface area (TPSA) is 26.0 Å². The van der Waals surface area contributed by atoms with Crippen molar-refractivity contribution < 1.29 is 0 Å². The molecule has 1 aliphatic rings. The molecule has 2 heteroatoms. The summed E-state index contributed by atoms with van der Waals surface area (Å²) in [5, 5.41) is 0. The fraction of sp³-hybridized carbons (Fsp3) is 0.625. The minimum atomic E-state index is 0.321. The van der Waals surface area contributed by atoms with Gasteiger partial charge in [0.15, 0.2) is 0 Å². The largest absolute Gasteiger partial charge is 0.327 e. The van der Waals surface area contributed by atoms with Gasteiger partial charge in [0, 0.05) is 10.5 Å². The van der Waals surface area contributed by atoms with Gasteiger partial charge in [-0.2, -0.15) is 0 Å². The lowest BCUT2D eigenvalue weighted by atomic mass is 9.85. The van der Waals surface area contributed by atoms with E-state index in [1.54, 1.807) is 0 Å². The van der Waals surface area contributed by atoms with Crippen LogP contribution < -0.4 is 5.73 Å². The quantitative estimate of drug-likeness (QED) is 0.839. The SMILES string of the molecule is NC(CCC1CCCCC1)Cc1cccc(Br)c1. The summed E-state index contributed by atoms with van der Waals surface area (Å²) in [6.45, 7) is 0. The van der Waals surface area contributed by atoms with Crippen molar-refractivity contribution in [1.82, 2.24) is 0 Å². The Hall–Kier alpha value is -0.340. The van der Waals surface area contributed by atoms with E-state index >= 15 is 0 Å². The molecule has 1 atom stereocenters. The van der Waals surface area contributed by atoms with Gasteiger partial charge in [-0.05, 0) is 42.9 Å². The summed E-state index contributed by atoms with van der Waals surface area (Å²) in [5.74, 6) is 0.951. The summed E-state index contributed by atoms with van der Waals surface area (Å²) in [6, 6.07) is 8.83. The van der Waals surface area contributed by atoms with Gasteiger partial charge in [-0.15, -0.1) is 0 Å². The Labute approximate surface area is 119 Å². The van der Waals surface area contributed by atoms with Crippen LogP contribution in [-0.4, -0.2) is 6.04 Å². The first-order valence-electron chi connectivity index (χ1n) is 7.24. The monoisotopic (exact) mass is 309 g/mol. The van der Waals surface area contributed by atoms with Crippen molar-refractivity contribution >= 4 is 15.9 Å². The van der Waals surface area contributed by atoms with Crippen LogP contribution in [0.2, 0.25) is 0 Å². The van der Waals surface area contributed by atoms with Crippen LogP contribution >= 0.6 is 15.9 Å². The Kier molecular flexibility index (Phi) is 5.71. The summed E-state index contributed by atoms with van der Waals surface area (Å²) >= 11 is 3.51. The van der Waals surface area contributed by atoms with Gasteiger partial charge in [-0.1, -0.05) is 60.2 Å². The van der Waals surface area contributed by atoms with E-state index in [4.69, 9.17) is 5.73 Å². The molecule has 1 aromatic rings. The molecule has 0 amide bonds. The van der Waals surface area contributed by atoms with E-state index in [0.717, 1.165) is 16.8 Å².